The molecule has 2 aliphatic heterocycles. The lowest BCUT2D eigenvalue weighted by atomic mass is 10.2. The molecule has 0 aromatic heterocycles. The number of ether oxygens (including phenoxy) is 1. The van der Waals surface area contributed by atoms with Crippen LogP contribution in [0.25, 0.3) is 6.08 Å². The summed E-state index contributed by atoms with van der Waals surface area (Å²) in [6, 6.07) is 14.2. The van der Waals surface area contributed by atoms with E-state index in [-0.39, 0.29) is 11.6 Å². The Bertz CT molecular complexity index is 1030. The van der Waals surface area contributed by atoms with Crippen LogP contribution < -0.4 is 9.64 Å². The van der Waals surface area contributed by atoms with Crippen molar-refractivity contribution in [1.29, 1.82) is 0 Å². The lowest BCUT2D eigenvalue weighted by molar-refractivity contribution is -0.384. The van der Waals surface area contributed by atoms with Gasteiger partial charge in [0.25, 0.3) is 11.6 Å². The maximum atomic E-state index is 12.4. The van der Waals surface area contributed by atoms with Gasteiger partial charge >= 0.3 is 0 Å². The molecule has 0 saturated carbocycles. The minimum absolute atomic E-state index is 0.0875. The fourth-order valence-corrected chi connectivity index (χ4v) is 4.42. The molecule has 2 heterocycles. The molecule has 0 spiro atoms. The number of anilines is 1. The number of non-ortho nitro benzene ring substituents is 1. The van der Waals surface area contributed by atoms with Crippen LogP contribution in [0.3, 0.4) is 0 Å². The van der Waals surface area contributed by atoms with Crippen molar-refractivity contribution in [2.24, 2.45) is 4.99 Å². The molecule has 0 atom stereocenters. The summed E-state index contributed by atoms with van der Waals surface area (Å²) in [5.41, 5.74) is 1.97. The van der Waals surface area contributed by atoms with Gasteiger partial charge in [0, 0.05) is 44.0 Å². The number of amides is 1. The molecule has 2 aromatic carbocycles. The Morgan fingerprint density at radius 3 is 2.32 bits per heavy atom. The number of nitrogens with zero attached hydrogens (tertiary/aromatic N) is 4. The van der Waals surface area contributed by atoms with Crippen molar-refractivity contribution in [3.8, 4) is 5.75 Å². The van der Waals surface area contributed by atoms with Crippen molar-refractivity contribution >= 4 is 40.3 Å². The Kier molecular flexibility index (Phi) is 6.22. The summed E-state index contributed by atoms with van der Waals surface area (Å²) < 4.78 is 5.45. The zero-order valence-electron chi connectivity index (χ0n) is 17.1. The average Bonchev–Trinajstić information content (AvgIpc) is 3.15. The van der Waals surface area contributed by atoms with Crippen molar-refractivity contribution in [1.82, 2.24) is 4.90 Å². The molecule has 1 fully saturated rings. The topological polar surface area (TPSA) is 88.3 Å². The molecule has 9 heteroatoms. The molecular formula is C22H22N4O4S. The molecule has 4 rings (SSSR count). The first-order valence-corrected chi connectivity index (χ1v) is 10.8. The Balaban J connectivity index is 1.35. The van der Waals surface area contributed by atoms with E-state index in [0.29, 0.717) is 11.5 Å². The van der Waals surface area contributed by atoms with Gasteiger partial charge in [0.15, 0.2) is 5.17 Å². The minimum Gasteiger partial charge on any atom is -0.494 e. The number of carbonyl (C=O) groups excluding carboxylic acids is 1. The van der Waals surface area contributed by atoms with Crippen LogP contribution in [0.1, 0.15) is 12.5 Å². The highest BCUT2D eigenvalue weighted by molar-refractivity contribution is 8.18. The minimum atomic E-state index is -0.396. The molecular weight excluding hydrogens is 416 g/mol. The number of rotatable bonds is 5. The van der Waals surface area contributed by atoms with Crippen molar-refractivity contribution < 1.29 is 14.5 Å². The lowest BCUT2D eigenvalue weighted by Gasteiger charge is -2.36. The zero-order valence-corrected chi connectivity index (χ0v) is 17.9. The summed E-state index contributed by atoms with van der Waals surface area (Å²) >= 11 is 1.40. The number of hydrogen-bond donors (Lipinski definition) is 0. The first-order valence-electron chi connectivity index (χ1n) is 10.0. The summed E-state index contributed by atoms with van der Waals surface area (Å²) in [7, 11) is 0. The summed E-state index contributed by atoms with van der Waals surface area (Å²) in [5, 5.41) is 11.5. The van der Waals surface area contributed by atoms with Gasteiger partial charge in [0.2, 0.25) is 0 Å². The zero-order chi connectivity index (χ0) is 21.8. The molecule has 1 amide bonds. The molecule has 31 heavy (non-hydrogen) atoms. The fourth-order valence-electron chi connectivity index (χ4n) is 3.45. The van der Waals surface area contributed by atoms with E-state index < -0.39 is 4.92 Å². The van der Waals surface area contributed by atoms with E-state index >= 15 is 0 Å². The van der Waals surface area contributed by atoms with Crippen molar-refractivity contribution in [3.63, 3.8) is 0 Å². The second-order valence-electron chi connectivity index (χ2n) is 7.06. The van der Waals surface area contributed by atoms with Crippen LogP contribution in [0.15, 0.2) is 58.4 Å². The number of carbonyl (C=O) groups is 1. The quantitative estimate of drug-likeness (QED) is 0.399. The van der Waals surface area contributed by atoms with Gasteiger partial charge in [-0.15, -0.1) is 0 Å². The van der Waals surface area contributed by atoms with E-state index in [0.717, 1.165) is 48.3 Å². The van der Waals surface area contributed by atoms with Gasteiger partial charge in [-0.2, -0.15) is 4.99 Å². The Morgan fingerprint density at radius 1 is 1.06 bits per heavy atom. The maximum absolute atomic E-state index is 12.4. The van der Waals surface area contributed by atoms with Crippen molar-refractivity contribution in [2.45, 2.75) is 6.92 Å². The number of benzene rings is 2. The van der Waals surface area contributed by atoms with Crippen LogP contribution >= 0.6 is 11.8 Å². The molecule has 8 nitrogen and oxygen atoms in total. The van der Waals surface area contributed by atoms with Crippen LogP contribution in [0.2, 0.25) is 0 Å². The second-order valence-corrected chi connectivity index (χ2v) is 8.07. The number of thioether (sulfide) groups is 1. The molecule has 0 bridgehead atoms. The third kappa shape index (κ3) is 4.88. The van der Waals surface area contributed by atoms with Gasteiger partial charge in [-0.25, -0.2) is 0 Å². The summed E-state index contributed by atoms with van der Waals surface area (Å²) in [5.74, 6) is 0.588. The van der Waals surface area contributed by atoms with Crippen LogP contribution in [0, 0.1) is 10.1 Å². The van der Waals surface area contributed by atoms with Crippen LogP contribution in [0.5, 0.6) is 5.75 Å². The predicted molar refractivity (Wildman–Crippen MR) is 123 cm³/mol. The summed E-state index contributed by atoms with van der Waals surface area (Å²) in [4.78, 5) is 32.0. The number of hydrogen-bond acceptors (Lipinski definition) is 7. The first kappa shape index (κ1) is 20.9. The highest BCUT2D eigenvalue weighted by atomic mass is 32.2. The van der Waals surface area contributed by atoms with Gasteiger partial charge in [-0.1, -0.05) is 12.1 Å². The second kappa shape index (κ2) is 9.22. The standard InChI is InChI=1S/C22H22N4O4S/c1-2-30-19-9-3-16(4-10-19)15-20-21(27)23-22(31-20)25-13-11-24(12-14-25)17-5-7-18(8-6-17)26(28)29/h3-10,15H,2,11-14H2,1H3/b20-15+. The molecule has 1 saturated heterocycles. The monoisotopic (exact) mass is 438 g/mol. The van der Waals surface area contributed by atoms with Gasteiger partial charge in [0.1, 0.15) is 5.75 Å². The predicted octanol–water partition coefficient (Wildman–Crippen LogP) is 3.79. The van der Waals surface area contributed by atoms with E-state index in [2.05, 4.69) is 14.8 Å². The van der Waals surface area contributed by atoms with Crippen molar-refractivity contribution in [3.05, 3.63) is 69.1 Å². The van der Waals surface area contributed by atoms with Gasteiger partial charge in [-0.3, -0.25) is 14.9 Å². The molecule has 160 valence electrons. The highest BCUT2D eigenvalue weighted by Gasteiger charge is 2.28. The van der Waals surface area contributed by atoms with Gasteiger partial charge in [0.05, 0.1) is 16.4 Å². The van der Waals surface area contributed by atoms with Crippen molar-refractivity contribution in [2.75, 3.05) is 37.7 Å². The molecule has 0 radical (unpaired) electrons. The molecule has 0 aliphatic carbocycles. The van der Waals surface area contributed by atoms with E-state index in [9.17, 15) is 14.9 Å². The number of nitro groups is 1. The number of nitro benzene ring substituents is 1. The van der Waals surface area contributed by atoms with Crippen LogP contribution in [-0.2, 0) is 4.79 Å². The van der Waals surface area contributed by atoms with Crippen LogP contribution in [0.4, 0.5) is 11.4 Å². The van der Waals surface area contributed by atoms with E-state index in [1.807, 2.05) is 37.3 Å². The number of piperazine rings is 1. The summed E-state index contributed by atoms with van der Waals surface area (Å²) in [6.45, 7) is 5.52. The number of amidine groups is 1. The Morgan fingerprint density at radius 2 is 1.71 bits per heavy atom. The van der Waals surface area contributed by atoms with Crippen LogP contribution in [-0.4, -0.2) is 53.7 Å². The normalized spacial score (nSPS) is 17.8. The third-order valence-electron chi connectivity index (χ3n) is 5.07. The fraction of sp³-hybridized carbons (Fsp3) is 0.273. The smallest absolute Gasteiger partial charge is 0.286 e. The first-order chi connectivity index (χ1) is 15.0. The van der Waals surface area contributed by atoms with E-state index in [1.54, 1.807) is 12.1 Å². The lowest BCUT2D eigenvalue weighted by Crippen LogP contribution is -2.47. The summed E-state index contributed by atoms with van der Waals surface area (Å²) in [6.07, 6.45) is 1.85. The largest absolute Gasteiger partial charge is 0.494 e. The van der Waals surface area contributed by atoms with E-state index in [1.165, 1.54) is 23.9 Å². The van der Waals surface area contributed by atoms with E-state index in [4.69, 9.17) is 4.74 Å². The highest BCUT2D eigenvalue weighted by Crippen LogP contribution is 2.31. The molecule has 2 aliphatic rings. The van der Waals surface area contributed by atoms with Gasteiger partial charge in [-0.05, 0) is 54.6 Å². The maximum Gasteiger partial charge on any atom is 0.286 e. The Hall–Kier alpha value is -3.33. The Labute approximate surface area is 184 Å². The number of aliphatic imine (C=N–C) groups is 1. The average molecular weight is 439 g/mol. The van der Waals surface area contributed by atoms with Gasteiger partial charge < -0.3 is 14.5 Å². The third-order valence-corrected chi connectivity index (χ3v) is 6.12. The molecule has 2 aromatic rings. The molecule has 0 N–H and O–H groups in total. The SMILES string of the molecule is CCOc1ccc(/C=C2/SC(N3CCN(c4ccc([N+](=O)[O-])cc4)CC3)=NC2=O)cc1. The molecule has 0 unspecified atom stereocenters.